The number of carboxylic acid groups (broad SMARTS) is 1. The molecule has 3 saturated heterocycles. The number of aromatic nitrogens is 1. The highest BCUT2D eigenvalue weighted by molar-refractivity contribution is 8.00. The number of nitrogens with one attached hydrogen (secondary N) is 11. The van der Waals surface area contributed by atoms with Gasteiger partial charge >= 0.3 is 5.97 Å². The molecule has 17 amide bonds. The summed E-state index contributed by atoms with van der Waals surface area (Å²) in [6, 6.07) is -2.19. The second-order valence-corrected chi connectivity index (χ2v) is 34.9. The molecule has 3 aliphatic heterocycles. The molecule has 0 spiro atoms. The van der Waals surface area contributed by atoms with Crippen LogP contribution in [-0.2, 0) is 106 Å². The quantitative estimate of drug-likeness (QED) is 0.0264. The Labute approximate surface area is 772 Å². The molecule has 5 heterocycles. The molecule has 3 aliphatic rings. The van der Waals surface area contributed by atoms with Crippen molar-refractivity contribution in [2.75, 3.05) is 71.9 Å². The van der Waals surface area contributed by atoms with Gasteiger partial charge in [-0.15, -0.1) is 23.1 Å². The summed E-state index contributed by atoms with van der Waals surface area (Å²) in [5.74, 6) is -18.9. The van der Waals surface area contributed by atoms with E-state index in [1.54, 1.807) is 36.5 Å². The first-order valence-corrected chi connectivity index (χ1v) is 45.8. The number of phenolic OH excluding ortho intramolecular Hbond substituents is 1. The number of para-hydroxylation sites is 1. The summed E-state index contributed by atoms with van der Waals surface area (Å²) in [6.07, 6.45) is -1.84. The fourth-order valence-corrected chi connectivity index (χ4v) is 17.8. The lowest BCUT2D eigenvalue weighted by atomic mass is 9.99. The fourth-order valence-electron chi connectivity index (χ4n) is 16.0. The SMILES string of the molecule is C.CCCC[C@H]1C(=O)N(C)[C@@H](CCCC)C(=O)N[C@@H](CCCN)C(=O)N[C@H](C(=O)NCC(N)=O)CSCC(=O)N[C@@H](Cc2ccc(O)cc2)C(=O)N(C)[C@@H](C)C(=O)N[C@@H](CC(N)=O)C(=O)N2CCC[C@H]2C(=O)N[C@@H](CN)C(=O)N[C@@H](CCC(=O)O)C(=O)N2C[C@H](O)C[C@H]2C(=O)N[C@@H](Cc2c[nH]c3ccccc23)C(=O)N[C@@H](CCN)C(=O)N[C@@H](Cc2csc3ccccc23)C(=O)N1C. The van der Waals surface area contributed by atoms with Crippen molar-refractivity contribution in [3.05, 3.63) is 101 Å². The van der Waals surface area contributed by atoms with Crippen LogP contribution in [0.1, 0.15) is 141 Å². The molecular weight excluding hydrogens is 1750 g/mol. The number of aromatic amines is 1. The van der Waals surface area contributed by atoms with E-state index < -0.39 is 254 Å². The summed E-state index contributed by atoms with van der Waals surface area (Å²) in [4.78, 5) is 269. The number of fused-ring (bicyclic) bond motifs is 4. The number of nitrogens with two attached hydrogens (primary N) is 5. The van der Waals surface area contributed by atoms with Crippen LogP contribution in [0, 0.1) is 0 Å². The summed E-state index contributed by atoms with van der Waals surface area (Å²) in [5.41, 5.74) is 31.5. The van der Waals surface area contributed by atoms with E-state index in [1.807, 2.05) is 37.4 Å². The monoisotopic (exact) mass is 1880 g/mol. The molecular formula is C88H127N21O21S2. The number of primary amides is 2. The molecule has 24 N–H and O–H groups in total. The largest absolute Gasteiger partial charge is 0.508 e. The number of unbranched alkanes of at least 4 members (excludes halogenated alkanes) is 2. The molecule has 8 rings (SSSR count). The fraction of sp³-hybridized carbons (Fsp3) is 0.545. The van der Waals surface area contributed by atoms with Gasteiger partial charge in [-0.3, -0.25) is 86.3 Å². The number of benzene rings is 3. The second-order valence-electron chi connectivity index (χ2n) is 33.0. The van der Waals surface area contributed by atoms with Crippen LogP contribution in [0.5, 0.6) is 5.75 Å². The van der Waals surface area contributed by atoms with Gasteiger partial charge in [-0.05, 0) is 123 Å². The number of likely N-dealkylation sites (N-methyl/N-ethyl adjacent to an activating group) is 3. The Morgan fingerprint density at radius 2 is 1.09 bits per heavy atom. The van der Waals surface area contributed by atoms with Crippen molar-refractivity contribution in [2.45, 2.75) is 234 Å². The highest BCUT2D eigenvalue weighted by Crippen LogP contribution is 2.30. The van der Waals surface area contributed by atoms with E-state index in [2.05, 4.69) is 58.2 Å². The zero-order valence-corrected chi connectivity index (χ0v) is 75.9. The van der Waals surface area contributed by atoms with Gasteiger partial charge < -0.3 is 127 Å². The minimum absolute atomic E-state index is 0. The number of hydrogen-bond acceptors (Lipinski definition) is 25. The number of carbonyl (C=O) groups excluding carboxylic acids is 17. The number of aromatic hydroxyl groups is 1. The number of thiophene rings is 1. The number of aliphatic hydroxyl groups excluding tert-OH is 1. The zero-order valence-electron chi connectivity index (χ0n) is 74.3. The van der Waals surface area contributed by atoms with Crippen molar-refractivity contribution >= 4 is 150 Å². The highest BCUT2D eigenvalue weighted by atomic mass is 32.2. The van der Waals surface area contributed by atoms with E-state index in [4.69, 9.17) is 28.7 Å². The zero-order chi connectivity index (χ0) is 96.0. The number of nitrogens with zero attached hydrogens (tertiary/aromatic N) is 5. The third-order valence-electron chi connectivity index (χ3n) is 23.4. The van der Waals surface area contributed by atoms with Gasteiger partial charge in [0.1, 0.15) is 90.3 Å². The maximum Gasteiger partial charge on any atom is 0.303 e. The van der Waals surface area contributed by atoms with E-state index in [9.17, 15) is 68.1 Å². The molecule has 5 aromatic rings. The Balaban J connectivity index is 0.0000238. The minimum Gasteiger partial charge on any atom is -0.508 e. The molecule has 3 fully saturated rings. The highest BCUT2D eigenvalue weighted by Gasteiger charge is 2.47. The van der Waals surface area contributed by atoms with Gasteiger partial charge in [0.25, 0.3) is 0 Å². The molecule has 132 heavy (non-hydrogen) atoms. The van der Waals surface area contributed by atoms with Gasteiger partial charge in [0.15, 0.2) is 0 Å². The third-order valence-corrected chi connectivity index (χ3v) is 25.4. The van der Waals surface area contributed by atoms with E-state index in [0.29, 0.717) is 53.3 Å². The van der Waals surface area contributed by atoms with Crippen molar-refractivity contribution in [3.63, 3.8) is 0 Å². The lowest BCUT2D eigenvalue weighted by Crippen LogP contribution is -2.61. The van der Waals surface area contributed by atoms with Crippen molar-refractivity contribution in [3.8, 4) is 5.75 Å². The number of carboxylic acids is 1. The maximum atomic E-state index is 15.8. The number of phenols is 1. The summed E-state index contributed by atoms with van der Waals surface area (Å²) >= 11 is 2.13. The van der Waals surface area contributed by atoms with Crippen molar-refractivity contribution in [2.24, 2.45) is 28.7 Å². The van der Waals surface area contributed by atoms with Crippen LogP contribution in [0.25, 0.3) is 21.0 Å². The van der Waals surface area contributed by atoms with E-state index >= 15 is 33.6 Å². The van der Waals surface area contributed by atoms with E-state index in [-0.39, 0.29) is 97.0 Å². The molecule has 3 aromatic carbocycles. The van der Waals surface area contributed by atoms with Crippen molar-refractivity contribution in [1.82, 2.24) is 82.7 Å². The lowest BCUT2D eigenvalue weighted by molar-refractivity contribution is -0.149. The van der Waals surface area contributed by atoms with E-state index in [1.165, 1.54) is 73.5 Å². The molecule has 15 atom stereocenters. The van der Waals surface area contributed by atoms with Crippen LogP contribution in [0.2, 0.25) is 0 Å². The number of aliphatic hydroxyl groups is 1. The molecule has 0 unspecified atom stereocenters. The van der Waals surface area contributed by atoms with Crippen LogP contribution in [0.4, 0.5) is 0 Å². The van der Waals surface area contributed by atoms with Crippen LogP contribution >= 0.6 is 23.1 Å². The number of hydrogen-bond donors (Lipinski definition) is 19. The average Bonchev–Trinajstić information content (AvgIpc) is 1.60. The Hall–Kier alpha value is -12.4. The second kappa shape index (κ2) is 51.4. The van der Waals surface area contributed by atoms with E-state index in [0.717, 1.165) is 36.5 Å². The first kappa shape index (κ1) is 107. The molecule has 44 heteroatoms. The number of H-pyrrole nitrogens is 1. The van der Waals surface area contributed by atoms with Gasteiger partial charge in [-0.1, -0.05) is 95.5 Å². The molecule has 42 nitrogen and oxygen atoms in total. The van der Waals surface area contributed by atoms with Gasteiger partial charge in [0.05, 0.1) is 24.8 Å². The van der Waals surface area contributed by atoms with Crippen molar-refractivity contribution < 1.29 is 102 Å². The number of carbonyl (C=O) groups is 18. The van der Waals surface area contributed by atoms with Gasteiger partial charge in [0.2, 0.25) is 100 Å². The summed E-state index contributed by atoms with van der Waals surface area (Å²) in [7, 11) is 3.94. The number of amides is 17. The van der Waals surface area contributed by atoms with Crippen LogP contribution in [0.15, 0.2) is 84.4 Å². The third kappa shape index (κ3) is 29.6. The summed E-state index contributed by atoms with van der Waals surface area (Å²) in [5, 5.41) is 60.7. The van der Waals surface area contributed by atoms with Gasteiger partial charge in [-0.25, -0.2) is 0 Å². The normalized spacial score (nSPS) is 25.0. The Bertz CT molecular complexity index is 4920. The molecule has 0 aliphatic carbocycles. The summed E-state index contributed by atoms with van der Waals surface area (Å²) in [6.45, 7) is 2.57. The number of thioether (sulfide) groups is 1. The number of aliphatic carboxylic acids is 1. The molecule has 0 radical (unpaired) electrons. The lowest BCUT2D eigenvalue weighted by Gasteiger charge is -2.36. The van der Waals surface area contributed by atoms with Gasteiger partial charge in [0, 0.05) is 100 Å². The number of rotatable bonds is 26. The Morgan fingerprint density at radius 1 is 0.530 bits per heavy atom. The molecule has 2 aromatic heterocycles. The van der Waals surface area contributed by atoms with Crippen LogP contribution in [0.3, 0.4) is 0 Å². The standard InChI is InChI=1S/C87H123N21O21S2.CH4/c1-7-9-21-65-80(122)97-56(20-15-32-88)76(118)103-64(75(117)94-42-71(92)112)45-130-46-72(113)95-60(35-48-25-27-51(109)28-26-48)83(125)104(4)47(3)74(116)100-62(39-70(91)111)86(128)107-34-16-23-66(107)81(123)102-63(40-90)79(121)98-58(29-30-73(114)115)85(127)108-43-52(110)38-68(108)82(124)99-59(36-49-41-93-55-19-13-11-17-53(49)55)78(120)96-57(31-33-89)77(119)101-61(37-50-44-131-69-24-14-12-18-54(50)69)84(126)106(6)67(22-10-8-2)87(129)105(65)5;/h11-14,17-19,24-28,41,44,47,52,56-68,93,109-110H,7-10,15-16,20-23,29-40,42-43,45-46,88-90H2,1-6H3,(H2,91,111)(H2,92,112)(H,94,117)(H,95,113)(H,96,120)(H,97,122)(H,98,121)(H,99,124)(H,100,116)(H,101,119)(H,102,123)(H,103,118)(H,114,115);1H4/t47-,52+,56-,57-,58-,59-,60-,61-,62-,63-,64-,65-,66-,67-,68-;/m0./s1. The Kier molecular flexibility index (Phi) is 41.6. The smallest absolute Gasteiger partial charge is 0.303 e. The average molecular weight is 1880 g/mol. The predicted molar refractivity (Wildman–Crippen MR) is 490 cm³/mol. The summed E-state index contributed by atoms with van der Waals surface area (Å²) < 4.78 is 0.826. The topological polar surface area (TPSA) is 650 Å². The van der Waals surface area contributed by atoms with Crippen molar-refractivity contribution in [1.29, 1.82) is 0 Å². The maximum absolute atomic E-state index is 15.8. The first-order valence-electron chi connectivity index (χ1n) is 43.8. The van der Waals surface area contributed by atoms with Gasteiger partial charge in [-0.2, -0.15) is 0 Å². The molecule has 0 bridgehead atoms. The molecule has 722 valence electrons. The first-order chi connectivity index (χ1) is 62.4. The minimum atomic E-state index is -1.83. The Morgan fingerprint density at radius 3 is 1.75 bits per heavy atom. The molecule has 0 saturated carbocycles. The predicted octanol–water partition coefficient (Wildman–Crippen LogP) is -2.92. The van der Waals surface area contributed by atoms with Crippen LogP contribution < -0.4 is 81.8 Å². The van der Waals surface area contributed by atoms with Crippen LogP contribution in [-0.4, -0.2) is 314 Å².